The topological polar surface area (TPSA) is 78.9 Å². The molecule has 6 nitrogen and oxygen atoms in total. The van der Waals surface area contributed by atoms with Crippen molar-refractivity contribution in [1.82, 2.24) is 0 Å². The van der Waals surface area contributed by atoms with Crippen molar-refractivity contribution >= 4 is 17.9 Å². The Morgan fingerprint density at radius 3 is 1.33 bits per heavy atom. The maximum atomic E-state index is 12.6. The summed E-state index contributed by atoms with van der Waals surface area (Å²) < 4.78 is 16.5. The van der Waals surface area contributed by atoms with E-state index < -0.39 is 6.10 Å². The van der Waals surface area contributed by atoms with Crippen LogP contribution >= 0.6 is 0 Å². The third kappa shape index (κ3) is 36.2. The highest BCUT2D eigenvalue weighted by Gasteiger charge is 2.19. The van der Waals surface area contributed by atoms with Gasteiger partial charge in [-0.1, -0.05) is 126 Å². The number of carbonyl (C=O) groups excluding carboxylic acids is 3. The number of unbranched alkanes of at least 4 members (excludes halogenated alkanes) is 15. The second-order valence-electron chi connectivity index (χ2n) is 12.9. The number of ether oxygens (including phenoxy) is 3. The van der Waals surface area contributed by atoms with E-state index in [9.17, 15) is 14.4 Å². The molecule has 6 heteroatoms. The zero-order valence-electron chi connectivity index (χ0n) is 31.5. The van der Waals surface area contributed by atoms with Crippen molar-refractivity contribution in [2.75, 3.05) is 13.2 Å². The second kappa shape index (κ2) is 37.9. The van der Waals surface area contributed by atoms with Crippen LogP contribution in [0, 0.1) is 0 Å². The van der Waals surface area contributed by atoms with Gasteiger partial charge in [-0.15, -0.1) is 6.58 Å². The third-order valence-corrected chi connectivity index (χ3v) is 8.13. The van der Waals surface area contributed by atoms with Gasteiger partial charge in [0.1, 0.15) is 13.2 Å². The number of allylic oxidation sites excluding steroid dienone is 9. The van der Waals surface area contributed by atoms with E-state index in [4.69, 9.17) is 14.2 Å². The summed E-state index contributed by atoms with van der Waals surface area (Å²) in [5.74, 6) is -0.956. The molecule has 0 aliphatic rings. The summed E-state index contributed by atoms with van der Waals surface area (Å²) in [6.45, 7) is 7.84. The van der Waals surface area contributed by atoms with Gasteiger partial charge in [-0.3, -0.25) is 14.4 Å². The van der Waals surface area contributed by atoms with Gasteiger partial charge in [0.05, 0.1) is 0 Å². The highest BCUT2D eigenvalue weighted by Crippen LogP contribution is 2.12. The molecule has 49 heavy (non-hydrogen) atoms. The summed E-state index contributed by atoms with van der Waals surface area (Å²) in [6.07, 6.45) is 42.6. The Bertz CT molecular complexity index is 915. The van der Waals surface area contributed by atoms with Gasteiger partial charge in [0, 0.05) is 19.3 Å². The molecule has 0 amide bonds. The predicted octanol–water partition coefficient (Wildman–Crippen LogP) is 12.2. The van der Waals surface area contributed by atoms with Crippen LogP contribution in [0.5, 0.6) is 0 Å². The monoisotopic (exact) mass is 685 g/mol. The molecule has 0 aromatic rings. The summed E-state index contributed by atoms with van der Waals surface area (Å²) in [6, 6.07) is 0. The van der Waals surface area contributed by atoms with Crippen molar-refractivity contribution in [3.63, 3.8) is 0 Å². The van der Waals surface area contributed by atoms with Crippen LogP contribution < -0.4 is 0 Å². The summed E-state index contributed by atoms with van der Waals surface area (Å²) in [4.78, 5) is 37.3. The maximum Gasteiger partial charge on any atom is 0.306 e. The van der Waals surface area contributed by atoms with E-state index in [1.165, 1.54) is 6.42 Å². The van der Waals surface area contributed by atoms with Crippen molar-refractivity contribution in [2.45, 2.75) is 180 Å². The minimum atomic E-state index is -0.786. The van der Waals surface area contributed by atoms with Gasteiger partial charge in [0.15, 0.2) is 6.10 Å². The first-order valence-electron chi connectivity index (χ1n) is 19.7. The fourth-order valence-electron chi connectivity index (χ4n) is 5.20. The lowest BCUT2D eigenvalue weighted by atomic mass is 10.1. The first-order chi connectivity index (χ1) is 24.0. The zero-order chi connectivity index (χ0) is 35.9. The van der Waals surface area contributed by atoms with Gasteiger partial charge in [0.25, 0.3) is 0 Å². The first kappa shape index (κ1) is 46.1. The SMILES string of the molecule is C=CCCCCCCCC(=O)OCC(COC(=O)CCCCCCC/C=C\C/C=C\C/C=C\CC)OC(=O)CCCCCCC/C=C\CC. The van der Waals surface area contributed by atoms with E-state index in [-0.39, 0.29) is 31.1 Å². The standard InChI is InChI=1S/C43H72O6/c1-4-7-10-13-16-18-19-20-21-22-23-25-27-30-33-36-42(45)48-39-40(38-47-41(44)35-32-29-26-15-12-9-6-3)49-43(46)37-34-31-28-24-17-14-11-8-5-2/h6-8,10-11,16,18,20-21,40H,3-5,9,12-15,17,19,22-39H2,1-2H3/b10-7-,11-8-,18-16-,21-20-. The van der Waals surface area contributed by atoms with Crippen LogP contribution in [-0.4, -0.2) is 37.2 Å². The fourth-order valence-corrected chi connectivity index (χ4v) is 5.20. The molecular weight excluding hydrogens is 612 g/mol. The largest absolute Gasteiger partial charge is 0.462 e. The summed E-state index contributed by atoms with van der Waals surface area (Å²) in [5.41, 5.74) is 0. The van der Waals surface area contributed by atoms with Crippen molar-refractivity contribution in [3.8, 4) is 0 Å². The summed E-state index contributed by atoms with van der Waals surface area (Å²) >= 11 is 0. The van der Waals surface area contributed by atoms with Crippen LogP contribution in [0.25, 0.3) is 0 Å². The minimum absolute atomic E-state index is 0.0937. The van der Waals surface area contributed by atoms with Crippen molar-refractivity contribution in [2.24, 2.45) is 0 Å². The normalized spacial score (nSPS) is 12.4. The average Bonchev–Trinajstić information content (AvgIpc) is 3.10. The molecule has 280 valence electrons. The minimum Gasteiger partial charge on any atom is -0.462 e. The average molecular weight is 685 g/mol. The first-order valence-corrected chi connectivity index (χ1v) is 19.7. The lowest BCUT2D eigenvalue weighted by Gasteiger charge is -2.18. The van der Waals surface area contributed by atoms with E-state index in [0.717, 1.165) is 135 Å². The maximum absolute atomic E-state index is 12.6. The number of carbonyl (C=O) groups is 3. The smallest absolute Gasteiger partial charge is 0.306 e. The van der Waals surface area contributed by atoms with Crippen LogP contribution in [0.4, 0.5) is 0 Å². The van der Waals surface area contributed by atoms with E-state index in [0.29, 0.717) is 19.3 Å². The Morgan fingerprint density at radius 2 is 0.837 bits per heavy atom. The number of hydrogen-bond acceptors (Lipinski definition) is 6. The predicted molar refractivity (Wildman–Crippen MR) is 205 cm³/mol. The molecule has 0 saturated carbocycles. The Labute approximate surface area is 300 Å². The van der Waals surface area contributed by atoms with Gasteiger partial charge in [-0.05, 0) is 83.5 Å². The molecule has 0 heterocycles. The number of hydrogen-bond donors (Lipinski definition) is 0. The molecule has 0 radical (unpaired) electrons. The quantitative estimate of drug-likeness (QED) is 0.0286. The van der Waals surface area contributed by atoms with Crippen molar-refractivity contribution in [3.05, 3.63) is 61.3 Å². The van der Waals surface area contributed by atoms with Crippen LogP contribution in [-0.2, 0) is 28.6 Å². The Balaban J connectivity index is 4.35. The Kier molecular flexibility index (Phi) is 35.7. The molecule has 0 N–H and O–H groups in total. The van der Waals surface area contributed by atoms with Gasteiger partial charge in [-0.2, -0.15) is 0 Å². The van der Waals surface area contributed by atoms with Crippen LogP contribution in [0.3, 0.4) is 0 Å². The molecule has 0 rings (SSSR count). The van der Waals surface area contributed by atoms with Crippen molar-refractivity contribution < 1.29 is 28.6 Å². The lowest BCUT2D eigenvalue weighted by Crippen LogP contribution is -2.30. The fraction of sp³-hybridized carbons (Fsp3) is 0.698. The van der Waals surface area contributed by atoms with E-state index in [1.807, 2.05) is 6.08 Å². The number of rotatable bonds is 35. The van der Waals surface area contributed by atoms with Gasteiger partial charge < -0.3 is 14.2 Å². The molecular formula is C43H72O6. The number of esters is 3. The van der Waals surface area contributed by atoms with Gasteiger partial charge >= 0.3 is 17.9 Å². The van der Waals surface area contributed by atoms with E-state index in [1.54, 1.807) is 0 Å². The molecule has 0 fully saturated rings. The van der Waals surface area contributed by atoms with Gasteiger partial charge in [-0.25, -0.2) is 0 Å². The molecule has 0 bridgehead atoms. The molecule has 1 unspecified atom stereocenters. The van der Waals surface area contributed by atoms with Crippen molar-refractivity contribution in [1.29, 1.82) is 0 Å². The summed E-state index contributed by atoms with van der Waals surface area (Å²) in [7, 11) is 0. The molecule has 0 saturated heterocycles. The molecule has 1 atom stereocenters. The van der Waals surface area contributed by atoms with E-state index >= 15 is 0 Å². The van der Waals surface area contributed by atoms with Crippen LogP contribution in [0.15, 0.2) is 61.3 Å². The molecule has 0 spiro atoms. The molecule has 0 aromatic heterocycles. The molecule has 0 aliphatic heterocycles. The highest BCUT2D eigenvalue weighted by molar-refractivity contribution is 5.71. The Hall–Kier alpha value is -2.89. The van der Waals surface area contributed by atoms with E-state index in [2.05, 4.69) is 69.0 Å². The third-order valence-electron chi connectivity index (χ3n) is 8.13. The lowest BCUT2D eigenvalue weighted by molar-refractivity contribution is -0.167. The molecule has 0 aromatic carbocycles. The van der Waals surface area contributed by atoms with Crippen LogP contribution in [0.1, 0.15) is 174 Å². The highest BCUT2D eigenvalue weighted by atomic mass is 16.6. The summed E-state index contributed by atoms with van der Waals surface area (Å²) in [5, 5.41) is 0. The van der Waals surface area contributed by atoms with Gasteiger partial charge in [0.2, 0.25) is 0 Å². The zero-order valence-corrected chi connectivity index (χ0v) is 31.5. The Morgan fingerprint density at radius 1 is 0.469 bits per heavy atom. The molecule has 0 aliphatic carbocycles. The second-order valence-corrected chi connectivity index (χ2v) is 12.9. The van der Waals surface area contributed by atoms with Crippen LogP contribution in [0.2, 0.25) is 0 Å².